The van der Waals surface area contributed by atoms with Gasteiger partial charge in [0.25, 0.3) is 5.91 Å². The molecule has 4 rings (SSSR count). The van der Waals surface area contributed by atoms with Gasteiger partial charge in [0, 0.05) is 25.8 Å². The maximum atomic E-state index is 13.0. The first-order chi connectivity index (χ1) is 15.0. The van der Waals surface area contributed by atoms with Crippen LogP contribution in [0.15, 0.2) is 41.1 Å². The molecule has 0 radical (unpaired) electrons. The third-order valence-corrected chi connectivity index (χ3v) is 5.65. The lowest BCUT2D eigenvalue weighted by Crippen LogP contribution is -2.38. The van der Waals surface area contributed by atoms with Crippen LogP contribution >= 0.6 is 0 Å². The lowest BCUT2D eigenvalue weighted by atomic mass is 9.85. The fourth-order valence-electron chi connectivity index (χ4n) is 3.93. The Balaban J connectivity index is 0.000000360. The lowest BCUT2D eigenvalue weighted by Gasteiger charge is -2.23. The molecule has 2 fully saturated rings. The Labute approximate surface area is 181 Å². The van der Waals surface area contributed by atoms with Crippen molar-refractivity contribution in [2.45, 2.75) is 32.5 Å². The molecule has 172 valence electrons. The summed E-state index contributed by atoms with van der Waals surface area (Å²) in [6.07, 6.45) is -0.279. The highest BCUT2D eigenvalue weighted by molar-refractivity contribution is 5.96. The second-order valence-electron chi connectivity index (χ2n) is 7.75. The van der Waals surface area contributed by atoms with Gasteiger partial charge in [-0.2, -0.15) is 13.2 Å². The Morgan fingerprint density at radius 2 is 1.91 bits per heavy atom. The SMILES string of the molecule is Cc1occc1C(=O)N1CCC2(CCN(Cc3ccccn3)C2=O)C1.O=C(O)C(F)(F)F. The molecule has 2 amide bonds. The smallest absolute Gasteiger partial charge is 0.475 e. The van der Waals surface area contributed by atoms with Crippen molar-refractivity contribution in [1.29, 1.82) is 0 Å². The zero-order valence-corrected chi connectivity index (χ0v) is 17.3. The number of likely N-dealkylation sites (tertiary alicyclic amines) is 2. The lowest BCUT2D eigenvalue weighted by molar-refractivity contribution is -0.192. The average molecular weight is 453 g/mol. The van der Waals surface area contributed by atoms with Crippen LogP contribution in [0.5, 0.6) is 0 Å². The number of halogens is 3. The Bertz CT molecular complexity index is 992. The number of nitrogens with zero attached hydrogens (tertiary/aromatic N) is 3. The summed E-state index contributed by atoms with van der Waals surface area (Å²) in [6.45, 7) is 4.16. The number of alkyl halides is 3. The molecule has 1 unspecified atom stereocenters. The fourth-order valence-corrected chi connectivity index (χ4v) is 3.93. The van der Waals surface area contributed by atoms with Gasteiger partial charge in [-0.25, -0.2) is 4.79 Å². The summed E-state index contributed by atoms with van der Waals surface area (Å²) in [7, 11) is 0. The highest BCUT2D eigenvalue weighted by atomic mass is 19.4. The van der Waals surface area contributed by atoms with Gasteiger partial charge < -0.3 is 19.3 Å². The van der Waals surface area contributed by atoms with E-state index in [1.54, 1.807) is 24.1 Å². The molecule has 8 nitrogen and oxygen atoms in total. The van der Waals surface area contributed by atoms with E-state index in [0.29, 0.717) is 31.0 Å². The first kappa shape index (κ1) is 23.3. The number of pyridine rings is 1. The monoisotopic (exact) mass is 453 g/mol. The molecule has 1 atom stereocenters. The topological polar surface area (TPSA) is 104 Å². The van der Waals surface area contributed by atoms with Crippen molar-refractivity contribution in [2.24, 2.45) is 5.41 Å². The quantitative estimate of drug-likeness (QED) is 0.767. The number of carboxylic acid groups (broad SMARTS) is 1. The Hall–Kier alpha value is -3.37. The van der Waals surface area contributed by atoms with Crippen molar-refractivity contribution >= 4 is 17.8 Å². The van der Waals surface area contributed by atoms with Crippen LogP contribution in [0.25, 0.3) is 0 Å². The van der Waals surface area contributed by atoms with Gasteiger partial charge in [0.05, 0.1) is 29.5 Å². The predicted octanol–water partition coefficient (Wildman–Crippen LogP) is 2.88. The molecule has 2 aliphatic heterocycles. The summed E-state index contributed by atoms with van der Waals surface area (Å²) in [5.74, 6) is -2.02. The van der Waals surface area contributed by atoms with Gasteiger partial charge in [-0.1, -0.05) is 6.07 Å². The molecule has 11 heteroatoms. The van der Waals surface area contributed by atoms with Gasteiger partial charge in [0.15, 0.2) is 0 Å². The van der Waals surface area contributed by atoms with Gasteiger partial charge >= 0.3 is 12.1 Å². The third kappa shape index (κ3) is 4.92. The third-order valence-electron chi connectivity index (χ3n) is 5.65. The van der Waals surface area contributed by atoms with Crippen LogP contribution < -0.4 is 0 Å². The molecule has 2 aromatic rings. The summed E-state index contributed by atoms with van der Waals surface area (Å²) in [6, 6.07) is 7.44. The number of carboxylic acids is 1. The summed E-state index contributed by atoms with van der Waals surface area (Å²) in [5, 5.41) is 7.12. The molecule has 1 spiro atoms. The summed E-state index contributed by atoms with van der Waals surface area (Å²) in [4.78, 5) is 42.5. The van der Waals surface area contributed by atoms with Gasteiger partial charge in [0.2, 0.25) is 5.91 Å². The molecule has 0 aliphatic carbocycles. The van der Waals surface area contributed by atoms with E-state index in [0.717, 1.165) is 25.1 Å². The molecule has 1 N–H and O–H groups in total. The van der Waals surface area contributed by atoms with Crippen LogP contribution in [0.3, 0.4) is 0 Å². The van der Waals surface area contributed by atoms with E-state index in [4.69, 9.17) is 14.3 Å². The Morgan fingerprint density at radius 3 is 2.47 bits per heavy atom. The number of furan rings is 1. The van der Waals surface area contributed by atoms with Crippen LogP contribution in [0.1, 0.15) is 34.7 Å². The van der Waals surface area contributed by atoms with Gasteiger partial charge in [-0.3, -0.25) is 14.6 Å². The van der Waals surface area contributed by atoms with E-state index < -0.39 is 17.6 Å². The molecular formula is C21H22F3N3O5. The minimum absolute atomic E-state index is 0.0425. The standard InChI is InChI=1S/C19H21N3O3.C2HF3O2/c1-14-16(5-11-25-14)17(23)22-10-7-19(13-22)6-9-21(18(19)24)12-15-4-2-3-8-20-15;3-2(4,5)1(6)7/h2-5,8,11H,6-7,9-10,12-13H2,1H3;(H,6,7). The first-order valence-corrected chi connectivity index (χ1v) is 9.86. The molecule has 0 bridgehead atoms. The van der Waals surface area contributed by atoms with Crippen molar-refractivity contribution < 1.29 is 37.1 Å². The number of carbonyl (C=O) groups is 3. The maximum Gasteiger partial charge on any atom is 0.490 e. The maximum absolute atomic E-state index is 13.0. The molecule has 32 heavy (non-hydrogen) atoms. The Kier molecular flexibility index (Phi) is 6.56. The zero-order valence-electron chi connectivity index (χ0n) is 17.3. The molecular weight excluding hydrogens is 431 g/mol. The number of aromatic nitrogens is 1. The predicted molar refractivity (Wildman–Crippen MR) is 104 cm³/mol. The first-order valence-electron chi connectivity index (χ1n) is 9.86. The number of rotatable bonds is 3. The minimum atomic E-state index is -5.08. The van der Waals surface area contributed by atoms with E-state index in [1.807, 2.05) is 23.1 Å². The van der Waals surface area contributed by atoms with Gasteiger partial charge in [-0.15, -0.1) is 0 Å². The van der Waals surface area contributed by atoms with Crippen molar-refractivity contribution in [2.75, 3.05) is 19.6 Å². The van der Waals surface area contributed by atoms with E-state index in [-0.39, 0.29) is 11.8 Å². The summed E-state index contributed by atoms with van der Waals surface area (Å²) < 4.78 is 37.0. The zero-order chi connectivity index (χ0) is 23.5. The molecule has 2 aromatic heterocycles. The molecule has 0 aromatic carbocycles. The van der Waals surface area contributed by atoms with E-state index in [2.05, 4.69) is 4.98 Å². The highest BCUT2D eigenvalue weighted by Crippen LogP contribution is 2.41. The fraction of sp³-hybridized carbons (Fsp3) is 0.429. The van der Waals surface area contributed by atoms with Crippen molar-refractivity contribution in [3.8, 4) is 0 Å². The van der Waals surface area contributed by atoms with Crippen LogP contribution in [0.2, 0.25) is 0 Å². The number of carbonyl (C=O) groups excluding carboxylic acids is 2. The molecule has 2 saturated heterocycles. The van der Waals surface area contributed by atoms with E-state index in [1.165, 1.54) is 6.26 Å². The van der Waals surface area contributed by atoms with Crippen LogP contribution in [0, 0.1) is 12.3 Å². The van der Waals surface area contributed by atoms with E-state index >= 15 is 0 Å². The average Bonchev–Trinajstić information content (AvgIpc) is 3.44. The minimum Gasteiger partial charge on any atom is -0.475 e. The van der Waals surface area contributed by atoms with Crippen molar-refractivity contribution in [3.05, 3.63) is 53.7 Å². The molecule has 4 heterocycles. The van der Waals surface area contributed by atoms with Gasteiger partial charge in [-0.05, 0) is 38.0 Å². The van der Waals surface area contributed by atoms with E-state index in [9.17, 15) is 22.8 Å². The Morgan fingerprint density at radius 1 is 1.22 bits per heavy atom. The molecule has 2 aliphatic rings. The number of hydrogen-bond donors (Lipinski definition) is 1. The molecule has 0 saturated carbocycles. The highest BCUT2D eigenvalue weighted by Gasteiger charge is 2.51. The summed E-state index contributed by atoms with van der Waals surface area (Å²) in [5.41, 5.74) is 1.06. The van der Waals surface area contributed by atoms with Crippen LogP contribution in [-0.2, 0) is 16.1 Å². The second kappa shape index (κ2) is 9.01. The number of aliphatic carboxylic acids is 1. The largest absolute Gasteiger partial charge is 0.490 e. The van der Waals surface area contributed by atoms with Gasteiger partial charge in [0.1, 0.15) is 5.76 Å². The number of amides is 2. The number of aryl methyl sites for hydroxylation is 1. The van der Waals surface area contributed by atoms with Crippen molar-refractivity contribution in [1.82, 2.24) is 14.8 Å². The number of hydrogen-bond acceptors (Lipinski definition) is 5. The van der Waals surface area contributed by atoms with Crippen LogP contribution in [-0.4, -0.2) is 63.5 Å². The second-order valence-corrected chi connectivity index (χ2v) is 7.75. The normalized spacial score (nSPS) is 20.4. The van der Waals surface area contributed by atoms with Crippen LogP contribution in [0.4, 0.5) is 13.2 Å². The summed E-state index contributed by atoms with van der Waals surface area (Å²) >= 11 is 0. The van der Waals surface area contributed by atoms with Crippen molar-refractivity contribution in [3.63, 3.8) is 0 Å².